The highest BCUT2D eigenvalue weighted by Crippen LogP contribution is 2.69. The van der Waals surface area contributed by atoms with Crippen LogP contribution in [0.2, 0.25) is 0 Å². The van der Waals surface area contributed by atoms with Crippen LogP contribution in [0.5, 0.6) is 0 Å². The van der Waals surface area contributed by atoms with Crippen molar-refractivity contribution in [3.8, 4) is 0 Å². The van der Waals surface area contributed by atoms with Gasteiger partial charge in [-0.1, -0.05) is 68.2 Å². The van der Waals surface area contributed by atoms with Gasteiger partial charge in [-0.25, -0.2) is 0 Å². The first-order valence-corrected chi connectivity index (χ1v) is 14.1. The Bertz CT molecular complexity index is 591. The first-order chi connectivity index (χ1) is 14.1. The predicted molar refractivity (Wildman–Crippen MR) is 131 cm³/mol. The summed E-state index contributed by atoms with van der Waals surface area (Å²) in [5.41, 5.74) is 1.32. The number of rotatable bonds is 5. The number of hydrogen-bond acceptors (Lipinski definition) is 0. The summed E-state index contributed by atoms with van der Waals surface area (Å²) >= 11 is 0. The highest BCUT2D eigenvalue weighted by atomic mass is 14.7. The molecule has 0 amide bonds. The Kier molecular flexibility index (Phi) is 6.49. The molecular formula is C30H54. The molecule has 0 aromatic rings. The van der Waals surface area contributed by atoms with Gasteiger partial charge in [-0.2, -0.15) is 0 Å². The van der Waals surface area contributed by atoms with Gasteiger partial charge in [-0.15, -0.1) is 0 Å². The Morgan fingerprint density at radius 3 is 2.10 bits per heavy atom. The lowest BCUT2D eigenvalue weighted by atomic mass is 9.43. The maximum atomic E-state index is 2.76. The standard InChI is InChI=1S/C30H54/c1-19(2)23(6)21(4)18-22(5)26-13-14-27-24-11-12-25-20(3)10-9-16-29(25,7)28(24)15-17-30(26,27)8/h19-28H,9-18H2,1-8H3/t20-,21-,22-,23+,24+,25+,26-,27+,28+,29+,30-/m1/s1. The fourth-order valence-electron chi connectivity index (χ4n) is 10.4. The average molecular weight is 415 g/mol. The molecule has 11 atom stereocenters. The zero-order valence-corrected chi connectivity index (χ0v) is 21.8. The van der Waals surface area contributed by atoms with Crippen molar-refractivity contribution in [3.05, 3.63) is 0 Å². The fourth-order valence-corrected chi connectivity index (χ4v) is 10.4. The Hall–Kier alpha value is 0. The van der Waals surface area contributed by atoms with Crippen molar-refractivity contribution in [2.24, 2.45) is 70.0 Å². The molecule has 0 aromatic heterocycles. The van der Waals surface area contributed by atoms with Crippen LogP contribution in [0.25, 0.3) is 0 Å². The van der Waals surface area contributed by atoms with E-state index in [0.29, 0.717) is 10.8 Å². The molecule has 0 N–H and O–H groups in total. The highest BCUT2D eigenvalue weighted by Gasteiger charge is 2.60. The van der Waals surface area contributed by atoms with Gasteiger partial charge >= 0.3 is 0 Å². The van der Waals surface area contributed by atoms with E-state index >= 15 is 0 Å². The first-order valence-electron chi connectivity index (χ1n) is 14.1. The van der Waals surface area contributed by atoms with Gasteiger partial charge < -0.3 is 0 Å². The normalized spacial score (nSPS) is 49.1. The van der Waals surface area contributed by atoms with Gasteiger partial charge in [0.25, 0.3) is 0 Å². The summed E-state index contributed by atoms with van der Waals surface area (Å²) in [5, 5.41) is 0. The molecule has 30 heavy (non-hydrogen) atoms. The predicted octanol–water partition coefficient (Wildman–Crippen LogP) is 9.24. The fraction of sp³-hybridized carbons (Fsp3) is 1.00. The SMILES string of the molecule is CC(C)[C@H](C)[C@H](C)C[C@@H](C)[C@H]1CC[C@H]2[C@@H]3CC[C@H]4[C@H](C)CCC[C@]4(C)[C@H]3CC[C@]12C. The maximum Gasteiger partial charge on any atom is -0.0264 e. The van der Waals surface area contributed by atoms with Crippen molar-refractivity contribution in [1.82, 2.24) is 0 Å². The minimum absolute atomic E-state index is 0.644. The Morgan fingerprint density at radius 2 is 1.40 bits per heavy atom. The molecule has 4 saturated carbocycles. The zero-order valence-electron chi connectivity index (χ0n) is 21.8. The molecule has 0 nitrogen and oxygen atoms in total. The summed E-state index contributed by atoms with van der Waals surface area (Å²) in [6.45, 7) is 20.6. The van der Waals surface area contributed by atoms with Gasteiger partial charge in [0, 0.05) is 0 Å². The van der Waals surface area contributed by atoms with Gasteiger partial charge in [-0.05, 0) is 121 Å². The first kappa shape index (κ1) is 23.2. The third-order valence-corrected chi connectivity index (χ3v) is 12.5. The molecule has 4 rings (SSSR count). The molecule has 4 fully saturated rings. The molecule has 0 aromatic carbocycles. The van der Waals surface area contributed by atoms with E-state index < -0.39 is 0 Å². The topological polar surface area (TPSA) is 0 Å². The van der Waals surface area contributed by atoms with Crippen molar-refractivity contribution in [3.63, 3.8) is 0 Å². The Balaban J connectivity index is 1.49. The van der Waals surface area contributed by atoms with E-state index in [0.717, 1.165) is 59.2 Å². The van der Waals surface area contributed by atoms with E-state index in [1.807, 2.05) is 0 Å². The van der Waals surface area contributed by atoms with Crippen molar-refractivity contribution in [2.75, 3.05) is 0 Å². The summed E-state index contributed by atoms with van der Waals surface area (Å²) in [7, 11) is 0. The smallest absolute Gasteiger partial charge is 0.0264 e. The minimum Gasteiger partial charge on any atom is -0.0625 e. The molecular weight excluding hydrogens is 360 g/mol. The second kappa shape index (κ2) is 8.41. The van der Waals surface area contributed by atoms with Crippen molar-refractivity contribution < 1.29 is 0 Å². The zero-order chi connectivity index (χ0) is 21.8. The van der Waals surface area contributed by atoms with Crippen molar-refractivity contribution in [2.45, 2.75) is 120 Å². The van der Waals surface area contributed by atoms with Crippen LogP contribution in [0.15, 0.2) is 0 Å². The minimum atomic E-state index is 0.644. The third kappa shape index (κ3) is 3.63. The van der Waals surface area contributed by atoms with E-state index in [1.54, 1.807) is 32.1 Å². The van der Waals surface area contributed by atoms with Gasteiger partial charge in [0.15, 0.2) is 0 Å². The van der Waals surface area contributed by atoms with Crippen LogP contribution in [0.3, 0.4) is 0 Å². The molecule has 0 spiro atoms. The lowest BCUT2D eigenvalue weighted by Gasteiger charge is -2.62. The van der Waals surface area contributed by atoms with Crippen molar-refractivity contribution >= 4 is 0 Å². The molecule has 4 aliphatic rings. The van der Waals surface area contributed by atoms with Crippen LogP contribution in [0.1, 0.15) is 120 Å². The van der Waals surface area contributed by atoms with E-state index in [1.165, 1.54) is 32.1 Å². The van der Waals surface area contributed by atoms with Gasteiger partial charge in [-0.3, -0.25) is 0 Å². The Labute approximate surface area is 189 Å². The summed E-state index contributed by atoms with van der Waals surface area (Å²) in [6, 6.07) is 0. The molecule has 174 valence electrons. The lowest BCUT2D eigenvalue weighted by Crippen LogP contribution is -2.54. The van der Waals surface area contributed by atoms with Gasteiger partial charge in [0.1, 0.15) is 0 Å². The molecule has 0 heterocycles. The highest BCUT2D eigenvalue weighted by molar-refractivity contribution is 5.09. The molecule has 0 aliphatic heterocycles. The van der Waals surface area contributed by atoms with Crippen LogP contribution in [0, 0.1) is 70.0 Å². The quantitative estimate of drug-likeness (QED) is 0.420. The summed E-state index contributed by atoms with van der Waals surface area (Å²) < 4.78 is 0. The lowest BCUT2D eigenvalue weighted by molar-refractivity contribution is -0.127. The number of hydrogen-bond donors (Lipinski definition) is 0. The van der Waals surface area contributed by atoms with E-state index in [4.69, 9.17) is 0 Å². The van der Waals surface area contributed by atoms with Crippen LogP contribution >= 0.6 is 0 Å². The van der Waals surface area contributed by atoms with Crippen LogP contribution in [-0.2, 0) is 0 Å². The second-order valence-corrected chi connectivity index (χ2v) is 14.0. The molecule has 0 saturated heterocycles. The summed E-state index contributed by atoms with van der Waals surface area (Å²) in [6.07, 6.45) is 15.3. The molecule has 0 radical (unpaired) electrons. The average Bonchev–Trinajstić information content (AvgIpc) is 3.04. The molecule has 0 unspecified atom stereocenters. The molecule has 0 heteroatoms. The summed E-state index contributed by atoms with van der Waals surface area (Å²) in [4.78, 5) is 0. The molecule has 0 bridgehead atoms. The maximum absolute atomic E-state index is 2.76. The second-order valence-electron chi connectivity index (χ2n) is 14.0. The third-order valence-electron chi connectivity index (χ3n) is 12.5. The van der Waals surface area contributed by atoms with E-state index in [2.05, 4.69) is 55.4 Å². The molecule has 4 aliphatic carbocycles. The largest absolute Gasteiger partial charge is 0.0625 e. The van der Waals surface area contributed by atoms with Crippen LogP contribution < -0.4 is 0 Å². The van der Waals surface area contributed by atoms with Gasteiger partial charge in [0.2, 0.25) is 0 Å². The van der Waals surface area contributed by atoms with Crippen LogP contribution in [-0.4, -0.2) is 0 Å². The summed E-state index contributed by atoms with van der Waals surface area (Å²) in [5.74, 6) is 9.61. The van der Waals surface area contributed by atoms with E-state index in [-0.39, 0.29) is 0 Å². The number of fused-ring (bicyclic) bond motifs is 5. The monoisotopic (exact) mass is 414 g/mol. The van der Waals surface area contributed by atoms with Gasteiger partial charge in [0.05, 0.1) is 0 Å². The Morgan fingerprint density at radius 1 is 0.733 bits per heavy atom. The van der Waals surface area contributed by atoms with E-state index in [9.17, 15) is 0 Å². The van der Waals surface area contributed by atoms with Crippen LogP contribution in [0.4, 0.5) is 0 Å². The van der Waals surface area contributed by atoms with Crippen molar-refractivity contribution in [1.29, 1.82) is 0 Å².